The first kappa shape index (κ1) is 6.47. The number of ether oxygens (including phenoxy) is 1. The van der Waals surface area contributed by atoms with Gasteiger partial charge in [-0.15, -0.1) is 0 Å². The van der Waals surface area contributed by atoms with E-state index in [9.17, 15) is 0 Å². The van der Waals surface area contributed by atoms with Gasteiger partial charge in [0.05, 0.1) is 11.7 Å². The molecule has 1 heteroatoms. The van der Waals surface area contributed by atoms with Crippen LogP contribution in [0.3, 0.4) is 0 Å². The summed E-state index contributed by atoms with van der Waals surface area (Å²) >= 11 is 0. The second-order valence-electron chi connectivity index (χ2n) is 2.74. The van der Waals surface area contributed by atoms with E-state index in [1.165, 1.54) is 5.56 Å². The van der Waals surface area contributed by atoms with Crippen LogP contribution < -0.4 is 0 Å². The summed E-state index contributed by atoms with van der Waals surface area (Å²) in [4.78, 5) is 0. The molecule has 11 heavy (non-hydrogen) atoms. The van der Waals surface area contributed by atoms with Crippen LogP contribution >= 0.6 is 0 Å². The first-order chi connectivity index (χ1) is 5.38. The molecular weight excluding hydrogens is 136 g/mol. The molecule has 0 saturated carbocycles. The largest absolute Gasteiger partial charge is 0.497 e. The van der Waals surface area contributed by atoms with Gasteiger partial charge in [0, 0.05) is 0 Å². The molecule has 1 atom stereocenters. The summed E-state index contributed by atoms with van der Waals surface area (Å²) in [5.41, 5.74) is 1.31. The highest BCUT2D eigenvalue weighted by molar-refractivity contribution is 5.28. The summed E-state index contributed by atoms with van der Waals surface area (Å²) in [6.45, 7) is 4.59. The van der Waals surface area contributed by atoms with Crippen LogP contribution in [0.1, 0.15) is 11.5 Å². The summed E-state index contributed by atoms with van der Waals surface area (Å²) in [5.74, 6) is 1.34. The lowest BCUT2D eigenvalue weighted by Gasteiger charge is -2.29. The lowest BCUT2D eigenvalue weighted by atomic mass is 9.95. The Balaban J connectivity index is 2.23. The number of rotatable bonds is 1. The van der Waals surface area contributed by atoms with E-state index in [1.54, 1.807) is 0 Å². The van der Waals surface area contributed by atoms with E-state index in [-0.39, 0.29) is 0 Å². The normalized spacial score (nSPS) is 22.2. The third-order valence-corrected chi connectivity index (χ3v) is 2.03. The standard InChI is InChI=1S/C10H10O/c1-8-10(7-11-8)9-5-3-2-4-6-9/h2-6,10H,1,7H2. The highest BCUT2D eigenvalue weighted by atomic mass is 16.5. The Labute approximate surface area is 66.3 Å². The molecule has 1 aromatic carbocycles. The zero-order valence-electron chi connectivity index (χ0n) is 6.29. The SMILES string of the molecule is C=C1OCC1c1ccccc1. The van der Waals surface area contributed by atoms with E-state index in [4.69, 9.17) is 4.74 Å². The van der Waals surface area contributed by atoms with Gasteiger partial charge in [0.15, 0.2) is 0 Å². The molecule has 1 fully saturated rings. The lowest BCUT2D eigenvalue weighted by molar-refractivity contribution is 0.0911. The molecular formula is C10H10O. The second kappa shape index (κ2) is 2.42. The molecule has 2 rings (SSSR count). The quantitative estimate of drug-likeness (QED) is 0.590. The highest BCUT2D eigenvalue weighted by Crippen LogP contribution is 2.32. The molecule has 0 bridgehead atoms. The van der Waals surface area contributed by atoms with Crippen LogP contribution in [-0.4, -0.2) is 6.61 Å². The van der Waals surface area contributed by atoms with Crippen molar-refractivity contribution >= 4 is 0 Å². The van der Waals surface area contributed by atoms with E-state index in [0.717, 1.165) is 12.4 Å². The van der Waals surface area contributed by atoms with Crippen molar-refractivity contribution < 1.29 is 4.74 Å². The van der Waals surface area contributed by atoms with Crippen molar-refractivity contribution in [3.05, 3.63) is 48.2 Å². The average Bonchev–Trinajstić information content (AvgIpc) is 2.04. The molecule has 1 saturated heterocycles. The Bertz CT molecular complexity index is 263. The molecule has 1 unspecified atom stereocenters. The van der Waals surface area contributed by atoms with Gasteiger partial charge in [0.1, 0.15) is 6.61 Å². The molecule has 0 spiro atoms. The highest BCUT2D eigenvalue weighted by Gasteiger charge is 2.25. The summed E-state index contributed by atoms with van der Waals surface area (Å²) in [6.07, 6.45) is 0. The third-order valence-electron chi connectivity index (χ3n) is 2.03. The van der Waals surface area contributed by atoms with Gasteiger partial charge in [-0.1, -0.05) is 36.9 Å². The van der Waals surface area contributed by atoms with E-state index in [1.807, 2.05) is 18.2 Å². The fraction of sp³-hybridized carbons (Fsp3) is 0.200. The van der Waals surface area contributed by atoms with E-state index in [0.29, 0.717) is 5.92 Å². The summed E-state index contributed by atoms with van der Waals surface area (Å²) < 4.78 is 5.10. The van der Waals surface area contributed by atoms with Crippen LogP contribution in [0.4, 0.5) is 0 Å². The predicted octanol–water partition coefficient (Wildman–Crippen LogP) is 2.31. The topological polar surface area (TPSA) is 9.23 Å². The monoisotopic (exact) mass is 146 g/mol. The number of benzene rings is 1. The van der Waals surface area contributed by atoms with Crippen LogP contribution in [0.25, 0.3) is 0 Å². The number of hydrogen-bond acceptors (Lipinski definition) is 1. The Morgan fingerprint density at radius 3 is 2.45 bits per heavy atom. The minimum Gasteiger partial charge on any atom is -0.497 e. The smallest absolute Gasteiger partial charge is 0.102 e. The fourth-order valence-corrected chi connectivity index (χ4v) is 1.25. The van der Waals surface area contributed by atoms with Crippen molar-refractivity contribution in [2.24, 2.45) is 0 Å². The Morgan fingerprint density at radius 1 is 1.27 bits per heavy atom. The van der Waals surface area contributed by atoms with E-state index >= 15 is 0 Å². The molecule has 0 N–H and O–H groups in total. The molecule has 0 radical (unpaired) electrons. The maximum atomic E-state index is 5.10. The van der Waals surface area contributed by atoms with Gasteiger partial charge in [-0.2, -0.15) is 0 Å². The third kappa shape index (κ3) is 1.03. The van der Waals surface area contributed by atoms with Gasteiger partial charge in [-0.05, 0) is 5.56 Å². The maximum absolute atomic E-state index is 5.10. The molecule has 1 aliphatic heterocycles. The zero-order chi connectivity index (χ0) is 7.68. The van der Waals surface area contributed by atoms with Crippen molar-refractivity contribution in [1.82, 2.24) is 0 Å². The van der Waals surface area contributed by atoms with Crippen molar-refractivity contribution in [3.63, 3.8) is 0 Å². The van der Waals surface area contributed by atoms with Crippen molar-refractivity contribution in [3.8, 4) is 0 Å². The van der Waals surface area contributed by atoms with Crippen LogP contribution in [0.2, 0.25) is 0 Å². The molecule has 1 nitrogen and oxygen atoms in total. The van der Waals surface area contributed by atoms with E-state index < -0.39 is 0 Å². The Hall–Kier alpha value is -1.24. The fourth-order valence-electron chi connectivity index (χ4n) is 1.25. The minimum atomic E-state index is 0.441. The first-order valence-corrected chi connectivity index (χ1v) is 3.74. The van der Waals surface area contributed by atoms with Crippen molar-refractivity contribution in [1.29, 1.82) is 0 Å². The van der Waals surface area contributed by atoms with Gasteiger partial charge in [0.2, 0.25) is 0 Å². The summed E-state index contributed by atoms with van der Waals surface area (Å²) in [7, 11) is 0. The van der Waals surface area contributed by atoms with Crippen LogP contribution in [0.5, 0.6) is 0 Å². The summed E-state index contributed by atoms with van der Waals surface area (Å²) in [5, 5.41) is 0. The van der Waals surface area contributed by atoms with E-state index in [2.05, 4.69) is 18.7 Å². The van der Waals surface area contributed by atoms with Crippen LogP contribution in [-0.2, 0) is 4.74 Å². The van der Waals surface area contributed by atoms with Gasteiger partial charge >= 0.3 is 0 Å². The molecule has 1 aliphatic rings. The molecule has 0 amide bonds. The van der Waals surface area contributed by atoms with Crippen molar-refractivity contribution in [2.75, 3.05) is 6.61 Å². The molecule has 1 heterocycles. The number of hydrogen-bond donors (Lipinski definition) is 0. The average molecular weight is 146 g/mol. The van der Waals surface area contributed by atoms with Crippen LogP contribution in [0, 0.1) is 0 Å². The summed E-state index contributed by atoms with van der Waals surface area (Å²) in [6, 6.07) is 10.3. The molecule has 1 aromatic rings. The molecule has 0 aromatic heterocycles. The lowest BCUT2D eigenvalue weighted by Crippen LogP contribution is -2.21. The zero-order valence-corrected chi connectivity index (χ0v) is 6.29. The van der Waals surface area contributed by atoms with Gasteiger partial charge in [0.25, 0.3) is 0 Å². The van der Waals surface area contributed by atoms with Crippen LogP contribution in [0.15, 0.2) is 42.7 Å². The van der Waals surface area contributed by atoms with Gasteiger partial charge < -0.3 is 4.74 Å². The second-order valence-corrected chi connectivity index (χ2v) is 2.74. The molecule has 56 valence electrons. The first-order valence-electron chi connectivity index (χ1n) is 3.74. The van der Waals surface area contributed by atoms with Gasteiger partial charge in [-0.3, -0.25) is 0 Å². The predicted molar refractivity (Wildman–Crippen MR) is 44.3 cm³/mol. The Kier molecular flexibility index (Phi) is 1.42. The minimum absolute atomic E-state index is 0.441. The molecule has 0 aliphatic carbocycles. The van der Waals surface area contributed by atoms with Gasteiger partial charge in [-0.25, -0.2) is 0 Å². The Morgan fingerprint density at radius 2 is 2.00 bits per heavy atom. The maximum Gasteiger partial charge on any atom is 0.102 e. The van der Waals surface area contributed by atoms with Crippen molar-refractivity contribution in [2.45, 2.75) is 5.92 Å².